The van der Waals surface area contributed by atoms with Crippen LogP contribution in [0.3, 0.4) is 0 Å². The van der Waals surface area contributed by atoms with E-state index in [1.165, 1.54) is 4.57 Å². The Morgan fingerprint density at radius 3 is 2.76 bits per heavy atom. The Labute approximate surface area is 128 Å². The molecular weight excluding hydrogens is 336 g/mol. The summed E-state index contributed by atoms with van der Waals surface area (Å²) in [4.78, 5) is 23.7. The van der Waals surface area contributed by atoms with E-state index in [-0.39, 0.29) is 5.91 Å². The van der Waals surface area contributed by atoms with E-state index in [1.807, 2.05) is 18.2 Å². The number of halogens is 1. The number of rotatable bonds is 2. The van der Waals surface area contributed by atoms with Crippen molar-refractivity contribution in [2.24, 2.45) is 7.05 Å². The van der Waals surface area contributed by atoms with Gasteiger partial charge in [-0.2, -0.15) is 0 Å². The van der Waals surface area contributed by atoms with Crippen molar-refractivity contribution in [3.63, 3.8) is 0 Å². The molecule has 1 amide bonds. The zero-order valence-electron chi connectivity index (χ0n) is 11.1. The quantitative estimate of drug-likeness (QED) is 0.775. The Morgan fingerprint density at radius 2 is 2.00 bits per heavy atom. The predicted molar refractivity (Wildman–Crippen MR) is 83.6 cm³/mol. The molecule has 0 aliphatic heterocycles. The Bertz CT molecular complexity index is 895. The summed E-state index contributed by atoms with van der Waals surface area (Å²) in [6, 6.07) is 12.2. The second-order valence-corrected chi connectivity index (χ2v) is 5.40. The van der Waals surface area contributed by atoms with E-state index in [4.69, 9.17) is 4.42 Å². The Balaban J connectivity index is 1.97. The number of hydrogen-bond donors (Lipinski definition) is 1. The van der Waals surface area contributed by atoms with Gasteiger partial charge in [-0.25, -0.2) is 4.79 Å². The van der Waals surface area contributed by atoms with Gasteiger partial charge in [0.1, 0.15) is 0 Å². The minimum absolute atomic E-state index is 0.252. The summed E-state index contributed by atoms with van der Waals surface area (Å²) in [5.74, 6) is -0.703. The third kappa shape index (κ3) is 2.50. The Morgan fingerprint density at radius 1 is 1.24 bits per heavy atom. The maximum atomic E-state index is 12.3. The Kier molecular flexibility index (Phi) is 3.39. The van der Waals surface area contributed by atoms with Crippen molar-refractivity contribution in [2.45, 2.75) is 0 Å². The molecular formula is C15H11BrN2O3. The summed E-state index contributed by atoms with van der Waals surface area (Å²) >= 11 is 3.38. The zero-order chi connectivity index (χ0) is 15.0. The van der Waals surface area contributed by atoms with Gasteiger partial charge in [0.25, 0.3) is 5.91 Å². The van der Waals surface area contributed by atoms with E-state index in [0.29, 0.717) is 22.4 Å². The normalized spacial score (nSPS) is 10.8. The molecule has 106 valence electrons. The number of aromatic nitrogens is 1. The van der Waals surface area contributed by atoms with Crippen molar-refractivity contribution >= 4 is 38.6 Å². The lowest BCUT2D eigenvalue weighted by molar-refractivity contribution is 0.102. The average molecular weight is 347 g/mol. The van der Waals surface area contributed by atoms with Gasteiger partial charge in [-0.3, -0.25) is 9.36 Å². The maximum Gasteiger partial charge on any atom is 0.419 e. The molecule has 1 aromatic heterocycles. The first-order valence-electron chi connectivity index (χ1n) is 6.22. The summed E-state index contributed by atoms with van der Waals surface area (Å²) in [6.45, 7) is 0. The summed E-state index contributed by atoms with van der Waals surface area (Å²) in [6.07, 6.45) is 0. The van der Waals surface area contributed by atoms with Gasteiger partial charge >= 0.3 is 5.76 Å². The van der Waals surface area contributed by atoms with Gasteiger partial charge in [0.2, 0.25) is 0 Å². The van der Waals surface area contributed by atoms with Crippen LogP contribution in [0.4, 0.5) is 5.69 Å². The number of fused-ring (bicyclic) bond motifs is 1. The molecule has 0 spiro atoms. The number of nitrogens with zero attached hydrogens (tertiary/aromatic N) is 1. The third-order valence-corrected chi connectivity index (χ3v) is 3.87. The van der Waals surface area contributed by atoms with Crippen LogP contribution in [-0.2, 0) is 7.05 Å². The lowest BCUT2D eigenvalue weighted by Gasteiger charge is -2.07. The molecule has 1 N–H and O–H groups in total. The smallest absolute Gasteiger partial charge is 0.408 e. The van der Waals surface area contributed by atoms with E-state index >= 15 is 0 Å². The molecule has 0 aliphatic carbocycles. The number of carbonyl (C=O) groups is 1. The summed E-state index contributed by atoms with van der Waals surface area (Å²) in [7, 11) is 1.60. The number of nitrogens with one attached hydrogen (secondary N) is 1. The molecule has 0 bridgehead atoms. The van der Waals surface area contributed by atoms with E-state index < -0.39 is 5.76 Å². The number of para-hydroxylation sites is 1. The number of amides is 1. The van der Waals surface area contributed by atoms with Crippen molar-refractivity contribution in [3.05, 3.63) is 63.1 Å². The van der Waals surface area contributed by atoms with Gasteiger partial charge < -0.3 is 9.73 Å². The first kappa shape index (κ1) is 13.6. The van der Waals surface area contributed by atoms with Crippen molar-refractivity contribution in [1.29, 1.82) is 0 Å². The van der Waals surface area contributed by atoms with E-state index in [1.54, 1.807) is 31.3 Å². The van der Waals surface area contributed by atoms with Crippen LogP contribution in [0.2, 0.25) is 0 Å². The van der Waals surface area contributed by atoms with Crippen molar-refractivity contribution in [1.82, 2.24) is 4.57 Å². The zero-order valence-corrected chi connectivity index (χ0v) is 12.7. The molecule has 5 nitrogen and oxygen atoms in total. The van der Waals surface area contributed by atoms with Gasteiger partial charge in [-0.05, 0) is 46.3 Å². The molecule has 21 heavy (non-hydrogen) atoms. The first-order chi connectivity index (χ1) is 10.1. The van der Waals surface area contributed by atoms with Gasteiger partial charge in [0, 0.05) is 17.1 Å². The van der Waals surface area contributed by atoms with Gasteiger partial charge in [-0.1, -0.05) is 12.1 Å². The fraction of sp³-hybridized carbons (Fsp3) is 0.0667. The van der Waals surface area contributed by atoms with E-state index in [9.17, 15) is 9.59 Å². The highest BCUT2D eigenvalue weighted by molar-refractivity contribution is 9.10. The number of oxazole rings is 1. The minimum Gasteiger partial charge on any atom is -0.408 e. The molecule has 6 heteroatoms. The minimum atomic E-state index is -0.451. The second kappa shape index (κ2) is 5.21. The summed E-state index contributed by atoms with van der Waals surface area (Å²) < 4.78 is 7.21. The predicted octanol–water partition coefficient (Wildman–Crippen LogP) is 3.15. The number of carbonyl (C=O) groups excluding carboxylic acids is 1. The number of benzene rings is 2. The highest BCUT2D eigenvalue weighted by atomic mass is 79.9. The van der Waals surface area contributed by atoms with Crippen molar-refractivity contribution in [2.75, 3.05) is 5.32 Å². The monoisotopic (exact) mass is 346 g/mol. The van der Waals surface area contributed by atoms with Crippen LogP contribution in [0.15, 0.2) is 56.1 Å². The lowest BCUT2D eigenvalue weighted by Crippen LogP contribution is -2.13. The van der Waals surface area contributed by atoms with Crippen molar-refractivity contribution in [3.8, 4) is 0 Å². The summed E-state index contributed by atoms with van der Waals surface area (Å²) in [5, 5.41) is 2.81. The molecule has 1 heterocycles. The third-order valence-electron chi connectivity index (χ3n) is 3.18. The SMILES string of the molecule is Cn1c(=O)oc2ccc(C(=O)Nc3ccccc3Br)cc21. The average Bonchev–Trinajstić information content (AvgIpc) is 2.76. The number of aryl methyl sites for hydroxylation is 1. The fourth-order valence-corrected chi connectivity index (χ4v) is 2.41. The molecule has 2 aromatic carbocycles. The molecule has 0 unspecified atom stereocenters. The van der Waals surface area contributed by atoms with Crippen LogP contribution in [0.25, 0.3) is 11.1 Å². The van der Waals surface area contributed by atoms with Crippen molar-refractivity contribution < 1.29 is 9.21 Å². The molecule has 0 atom stereocenters. The topological polar surface area (TPSA) is 64.2 Å². The first-order valence-corrected chi connectivity index (χ1v) is 7.01. The molecule has 0 aliphatic rings. The van der Waals surface area contributed by atoms with Crippen LogP contribution < -0.4 is 11.1 Å². The molecule has 0 saturated heterocycles. The van der Waals surface area contributed by atoms with Crippen LogP contribution in [0.1, 0.15) is 10.4 Å². The number of anilines is 1. The molecule has 3 rings (SSSR count). The largest absolute Gasteiger partial charge is 0.419 e. The van der Waals surface area contributed by atoms with Gasteiger partial charge in [0.15, 0.2) is 5.58 Å². The second-order valence-electron chi connectivity index (χ2n) is 4.54. The summed E-state index contributed by atoms with van der Waals surface area (Å²) in [5.41, 5.74) is 2.18. The molecule has 3 aromatic rings. The standard InChI is InChI=1S/C15H11BrN2O3/c1-18-12-8-9(6-7-13(12)21-15(18)20)14(19)17-11-5-3-2-4-10(11)16/h2-8H,1H3,(H,17,19). The van der Waals surface area contributed by atoms with Gasteiger partial charge in [-0.15, -0.1) is 0 Å². The van der Waals surface area contributed by atoms with Crippen LogP contribution >= 0.6 is 15.9 Å². The fourth-order valence-electron chi connectivity index (χ4n) is 2.02. The van der Waals surface area contributed by atoms with Crippen LogP contribution in [-0.4, -0.2) is 10.5 Å². The van der Waals surface area contributed by atoms with E-state index in [0.717, 1.165) is 4.47 Å². The molecule has 0 fully saturated rings. The number of hydrogen-bond acceptors (Lipinski definition) is 3. The highest BCUT2D eigenvalue weighted by Crippen LogP contribution is 2.22. The van der Waals surface area contributed by atoms with Gasteiger partial charge in [0.05, 0.1) is 11.2 Å². The highest BCUT2D eigenvalue weighted by Gasteiger charge is 2.12. The molecule has 0 saturated carbocycles. The van der Waals surface area contributed by atoms with Crippen LogP contribution in [0.5, 0.6) is 0 Å². The lowest BCUT2D eigenvalue weighted by atomic mass is 10.2. The van der Waals surface area contributed by atoms with Crippen LogP contribution in [0, 0.1) is 0 Å². The Hall–Kier alpha value is -2.34. The van der Waals surface area contributed by atoms with E-state index in [2.05, 4.69) is 21.2 Å². The maximum absolute atomic E-state index is 12.3. The molecule has 0 radical (unpaired) electrons.